The number of carbonyl (C=O) groups is 2. The first-order valence-corrected chi connectivity index (χ1v) is 7.33. The van der Waals surface area contributed by atoms with Gasteiger partial charge >= 0.3 is 0 Å². The zero-order chi connectivity index (χ0) is 15.2. The molecule has 0 unspecified atom stereocenters. The molecule has 1 aromatic heterocycles. The highest BCUT2D eigenvalue weighted by Gasteiger charge is 2.14. The average molecular weight is 304 g/mol. The van der Waals surface area contributed by atoms with Crippen molar-refractivity contribution in [2.45, 2.75) is 19.9 Å². The second kappa shape index (κ2) is 6.94. The van der Waals surface area contributed by atoms with Gasteiger partial charge in [-0.2, -0.15) is 0 Å². The predicted octanol–water partition coefficient (Wildman–Crippen LogP) is 1.39. The maximum Gasteiger partial charge on any atom is 0.265 e. The first-order valence-electron chi connectivity index (χ1n) is 6.56. The van der Waals surface area contributed by atoms with Gasteiger partial charge in [-0.3, -0.25) is 9.59 Å². The Bertz CT molecular complexity index is 654. The van der Waals surface area contributed by atoms with Crippen molar-refractivity contribution in [3.05, 3.63) is 46.0 Å². The van der Waals surface area contributed by atoms with Gasteiger partial charge in [0.15, 0.2) is 0 Å². The minimum Gasteiger partial charge on any atom is -0.355 e. The van der Waals surface area contributed by atoms with Crippen molar-refractivity contribution in [1.29, 1.82) is 0 Å². The second-order valence-corrected chi connectivity index (χ2v) is 5.12. The first-order chi connectivity index (χ1) is 10.2. The molecule has 0 saturated carbocycles. The first kappa shape index (κ1) is 15.1. The van der Waals surface area contributed by atoms with Crippen LogP contribution in [-0.2, 0) is 13.0 Å². The Kier molecular flexibility index (Phi) is 4.99. The molecule has 21 heavy (non-hydrogen) atoms. The van der Waals surface area contributed by atoms with E-state index in [0.29, 0.717) is 29.1 Å². The molecule has 2 N–H and O–H groups in total. The summed E-state index contributed by atoms with van der Waals surface area (Å²) in [4.78, 5) is 24.2. The lowest BCUT2D eigenvalue weighted by atomic mass is 10.1. The number of aryl methyl sites for hydroxylation is 1. The van der Waals surface area contributed by atoms with Crippen LogP contribution in [0.15, 0.2) is 24.3 Å². The van der Waals surface area contributed by atoms with Crippen LogP contribution in [0, 0.1) is 0 Å². The molecule has 7 heteroatoms. The normalized spacial score (nSPS) is 10.2. The molecule has 0 aliphatic heterocycles. The van der Waals surface area contributed by atoms with Crippen LogP contribution >= 0.6 is 11.5 Å². The molecule has 6 nitrogen and oxygen atoms in total. The molecule has 110 valence electrons. The quantitative estimate of drug-likeness (QED) is 0.874. The highest BCUT2D eigenvalue weighted by atomic mass is 32.1. The average Bonchev–Trinajstić information content (AvgIpc) is 3.00. The zero-order valence-electron chi connectivity index (χ0n) is 11.8. The van der Waals surface area contributed by atoms with E-state index in [1.807, 2.05) is 13.0 Å². The third kappa shape index (κ3) is 3.63. The van der Waals surface area contributed by atoms with Crippen molar-refractivity contribution in [2.24, 2.45) is 0 Å². The van der Waals surface area contributed by atoms with Crippen LogP contribution in [0.1, 0.15) is 38.2 Å². The summed E-state index contributed by atoms with van der Waals surface area (Å²) in [6.45, 7) is 2.28. The van der Waals surface area contributed by atoms with E-state index in [4.69, 9.17) is 0 Å². The van der Waals surface area contributed by atoms with E-state index in [-0.39, 0.29) is 11.8 Å². The molecule has 0 radical (unpaired) electrons. The van der Waals surface area contributed by atoms with E-state index < -0.39 is 0 Å². The minimum atomic E-state index is -0.188. The molecule has 0 atom stereocenters. The van der Waals surface area contributed by atoms with Gasteiger partial charge in [0.2, 0.25) is 0 Å². The van der Waals surface area contributed by atoms with Crippen LogP contribution in [0.4, 0.5) is 0 Å². The predicted molar refractivity (Wildman–Crippen MR) is 80.3 cm³/mol. The molecular weight excluding hydrogens is 288 g/mol. The summed E-state index contributed by atoms with van der Waals surface area (Å²) in [5.41, 5.74) is 2.13. The summed E-state index contributed by atoms with van der Waals surface area (Å²) in [5, 5.41) is 9.30. The smallest absolute Gasteiger partial charge is 0.265 e. The maximum absolute atomic E-state index is 12.1. The molecule has 0 spiro atoms. The Morgan fingerprint density at radius 1 is 1.29 bits per heavy atom. The molecule has 0 fully saturated rings. The van der Waals surface area contributed by atoms with Crippen molar-refractivity contribution in [3.8, 4) is 0 Å². The van der Waals surface area contributed by atoms with E-state index in [1.54, 1.807) is 25.2 Å². The number of aromatic nitrogens is 2. The molecule has 1 heterocycles. The fourth-order valence-electron chi connectivity index (χ4n) is 1.84. The third-order valence-corrected chi connectivity index (χ3v) is 3.73. The van der Waals surface area contributed by atoms with Crippen LogP contribution in [0.3, 0.4) is 0 Å². The van der Waals surface area contributed by atoms with Gasteiger partial charge < -0.3 is 10.6 Å². The molecule has 0 bridgehead atoms. The molecule has 0 saturated heterocycles. The van der Waals surface area contributed by atoms with Gasteiger partial charge in [0, 0.05) is 19.2 Å². The highest BCUT2D eigenvalue weighted by molar-refractivity contribution is 7.08. The van der Waals surface area contributed by atoms with Crippen LogP contribution in [0.5, 0.6) is 0 Å². The number of hydrogen-bond acceptors (Lipinski definition) is 5. The number of hydrogen-bond donors (Lipinski definition) is 2. The van der Waals surface area contributed by atoms with Crippen LogP contribution in [0.2, 0.25) is 0 Å². The van der Waals surface area contributed by atoms with Crippen LogP contribution in [-0.4, -0.2) is 28.4 Å². The second-order valence-electron chi connectivity index (χ2n) is 4.36. The highest BCUT2D eigenvalue weighted by Crippen LogP contribution is 2.11. The summed E-state index contributed by atoms with van der Waals surface area (Å²) < 4.78 is 3.80. The summed E-state index contributed by atoms with van der Waals surface area (Å²) >= 11 is 1.09. The largest absolute Gasteiger partial charge is 0.355 e. The molecule has 1 aromatic carbocycles. The van der Waals surface area contributed by atoms with Gasteiger partial charge in [0.1, 0.15) is 4.88 Å². The van der Waals surface area contributed by atoms with Crippen molar-refractivity contribution < 1.29 is 9.59 Å². The minimum absolute atomic E-state index is 0.150. The Labute approximate surface area is 126 Å². The summed E-state index contributed by atoms with van der Waals surface area (Å²) in [6, 6.07) is 7.13. The van der Waals surface area contributed by atoms with Crippen LogP contribution < -0.4 is 10.6 Å². The lowest BCUT2D eigenvalue weighted by molar-refractivity contribution is 0.0951. The van der Waals surface area contributed by atoms with Gasteiger partial charge in [-0.25, -0.2) is 0 Å². The number of nitrogens with one attached hydrogen (secondary N) is 2. The van der Waals surface area contributed by atoms with E-state index in [2.05, 4.69) is 20.2 Å². The number of benzene rings is 1. The van der Waals surface area contributed by atoms with Crippen molar-refractivity contribution in [3.63, 3.8) is 0 Å². The van der Waals surface area contributed by atoms with Crippen LogP contribution in [0.25, 0.3) is 0 Å². The van der Waals surface area contributed by atoms with E-state index in [9.17, 15) is 9.59 Å². The Balaban J connectivity index is 2.03. The fraction of sp³-hybridized carbons (Fsp3) is 0.286. The van der Waals surface area contributed by atoms with Crippen molar-refractivity contribution in [1.82, 2.24) is 20.2 Å². The molecule has 0 aliphatic rings. The van der Waals surface area contributed by atoms with Crippen molar-refractivity contribution >= 4 is 23.3 Å². The number of amides is 2. The van der Waals surface area contributed by atoms with Crippen molar-refractivity contribution in [2.75, 3.05) is 7.05 Å². The van der Waals surface area contributed by atoms with E-state index in [1.165, 1.54) is 0 Å². The van der Waals surface area contributed by atoms with E-state index >= 15 is 0 Å². The SMILES string of the molecule is CCc1nnsc1C(=O)NCc1cccc(C(=O)NC)c1. The topological polar surface area (TPSA) is 84.0 Å². The lowest BCUT2D eigenvalue weighted by Gasteiger charge is -2.06. The van der Waals surface area contributed by atoms with E-state index in [0.717, 1.165) is 17.1 Å². The van der Waals surface area contributed by atoms with Gasteiger partial charge in [-0.1, -0.05) is 23.5 Å². The Morgan fingerprint density at radius 2 is 2.10 bits per heavy atom. The van der Waals surface area contributed by atoms with Gasteiger partial charge in [-0.15, -0.1) is 5.10 Å². The van der Waals surface area contributed by atoms with Gasteiger partial charge in [-0.05, 0) is 35.6 Å². The standard InChI is InChI=1S/C14H16N4O2S/c1-3-11-12(21-18-17-11)14(20)16-8-9-5-4-6-10(7-9)13(19)15-2/h4-7H,3,8H2,1-2H3,(H,15,19)(H,16,20). The van der Waals surface area contributed by atoms with Gasteiger partial charge in [0.05, 0.1) is 5.69 Å². The molecule has 2 aromatic rings. The monoisotopic (exact) mass is 304 g/mol. The summed E-state index contributed by atoms with van der Waals surface area (Å²) in [7, 11) is 1.58. The third-order valence-electron chi connectivity index (χ3n) is 2.97. The molecular formula is C14H16N4O2S. The molecule has 2 rings (SSSR count). The Morgan fingerprint density at radius 3 is 2.81 bits per heavy atom. The number of rotatable bonds is 5. The van der Waals surface area contributed by atoms with Gasteiger partial charge in [0.25, 0.3) is 11.8 Å². The summed E-state index contributed by atoms with van der Waals surface area (Å²) in [6.07, 6.45) is 0.672. The zero-order valence-corrected chi connectivity index (χ0v) is 12.7. The maximum atomic E-state index is 12.1. The Hall–Kier alpha value is -2.28. The number of carbonyl (C=O) groups excluding carboxylic acids is 2. The molecule has 2 amide bonds. The summed E-state index contributed by atoms with van der Waals surface area (Å²) in [5.74, 6) is -0.338. The molecule has 0 aliphatic carbocycles. The fourth-order valence-corrected chi connectivity index (χ4v) is 2.51. The number of nitrogens with zero attached hydrogens (tertiary/aromatic N) is 2. The lowest BCUT2D eigenvalue weighted by Crippen LogP contribution is -2.23.